The summed E-state index contributed by atoms with van der Waals surface area (Å²) in [6.07, 6.45) is 3.83. The van der Waals surface area contributed by atoms with E-state index in [1.807, 2.05) is 12.1 Å². The highest BCUT2D eigenvalue weighted by Crippen LogP contribution is 2.29. The molecule has 2 nitrogen and oxygen atoms in total. The van der Waals surface area contributed by atoms with E-state index in [0.717, 1.165) is 17.6 Å². The Balaban J connectivity index is 1.93. The second-order valence-corrected chi connectivity index (χ2v) is 5.23. The first-order valence-electron chi connectivity index (χ1n) is 6.80. The van der Waals surface area contributed by atoms with E-state index in [9.17, 15) is 0 Å². The first-order valence-corrected chi connectivity index (χ1v) is 6.80. The Morgan fingerprint density at radius 1 is 1.24 bits per heavy atom. The van der Waals surface area contributed by atoms with Gasteiger partial charge in [-0.1, -0.05) is 19.1 Å². The predicted octanol–water partition coefficient (Wildman–Crippen LogP) is 3.25. The van der Waals surface area contributed by atoms with E-state index in [0.29, 0.717) is 0 Å². The summed E-state index contributed by atoms with van der Waals surface area (Å²) in [6, 6.07) is 9.17. The van der Waals surface area contributed by atoms with Crippen molar-refractivity contribution >= 4 is 5.69 Å². The standard InChI is InChI=1S/C15H24N2/c1-3-12(2)17-10-8-14(9-11-17)13-4-6-15(16)7-5-13/h4-7,12,14H,3,8-11,16H2,1-2H3. The first-order chi connectivity index (χ1) is 8.20. The number of piperidine rings is 1. The fourth-order valence-corrected chi connectivity index (χ4v) is 2.70. The van der Waals surface area contributed by atoms with E-state index in [4.69, 9.17) is 5.73 Å². The molecule has 2 N–H and O–H groups in total. The lowest BCUT2D eigenvalue weighted by Gasteiger charge is -2.35. The molecule has 2 rings (SSSR count). The number of nitrogens with two attached hydrogens (primary N) is 1. The van der Waals surface area contributed by atoms with E-state index in [-0.39, 0.29) is 0 Å². The average Bonchev–Trinajstić information content (AvgIpc) is 2.39. The highest BCUT2D eigenvalue weighted by atomic mass is 15.2. The van der Waals surface area contributed by atoms with Gasteiger partial charge >= 0.3 is 0 Å². The van der Waals surface area contributed by atoms with Gasteiger partial charge in [-0.15, -0.1) is 0 Å². The highest BCUT2D eigenvalue weighted by Gasteiger charge is 2.22. The molecular weight excluding hydrogens is 208 g/mol. The zero-order chi connectivity index (χ0) is 12.3. The monoisotopic (exact) mass is 232 g/mol. The van der Waals surface area contributed by atoms with Crippen molar-refractivity contribution in [3.63, 3.8) is 0 Å². The van der Waals surface area contributed by atoms with Gasteiger partial charge < -0.3 is 10.6 Å². The maximum atomic E-state index is 5.73. The molecule has 1 heterocycles. The number of nitrogens with zero attached hydrogens (tertiary/aromatic N) is 1. The lowest BCUT2D eigenvalue weighted by atomic mass is 9.89. The van der Waals surface area contributed by atoms with Gasteiger partial charge in [-0.2, -0.15) is 0 Å². The van der Waals surface area contributed by atoms with E-state index in [1.54, 1.807) is 0 Å². The number of rotatable bonds is 3. The maximum Gasteiger partial charge on any atom is 0.0314 e. The van der Waals surface area contributed by atoms with Crippen molar-refractivity contribution in [2.75, 3.05) is 18.8 Å². The van der Waals surface area contributed by atoms with Gasteiger partial charge in [0.15, 0.2) is 0 Å². The average molecular weight is 232 g/mol. The Bertz CT molecular complexity index is 336. The van der Waals surface area contributed by atoms with Crippen molar-refractivity contribution in [2.24, 2.45) is 0 Å². The second kappa shape index (κ2) is 5.54. The van der Waals surface area contributed by atoms with Crippen molar-refractivity contribution < 1.29 is 0 Å². The number of likely N-dealkylation sites (tertiary alicyclic amines) is 1. The minimum atomic E-state index is 0.732. The molecule has 1 aromatic carbocycles. The molecule has 0 saturated carbocycles. The van der Waals surface area contributed by atoms with Gasteiger partial charge in [0.1, 0.15) is 0 Å². The van der Waals surface area contributed by atoms with Crippen LogP contribution in [0.15, 0.2) is 24.3 Å². The largest absolute Gasteiger partial charge is 0.399 e. The van der Waals surface area contributed by atoms with Crippen LogP contribution in [-0.4, -0.2) is 24.0 Å². The van der Waals surface area contributed by atoms with Crippen LogP contribution in [-0.2, 0) is 0 Å². The van der Waals surface area contributed by atoms with Crippen LogP contribution < -0.4 is 5.73 Å². The minimum Gasteiger partial charge on any atom is -0.399 e. The molecular formula is C15H24N2. The number of nitrogen functional groups attached to an aromatic ring is 1. The molecule has 2 heteroatoms. The number of hydrogen-bond acceptors (Lipinski definition) is 2. The molecule has 1 atom stereocenters. The quantitative estimate of drug-likeness (QED) is 0.811. The van der Waals surface area contributed by atoms with Crippen LogP contribution in [0.1, 0.15) is 44.6 Å². The highest BCUT2D eigenvalue weighted by molar-refractivity contribution is 5.40. The zero-order valence-electron chi connectivity index (χ0n) is 11.0. The third kappa shape index (κ3) is 3.01. The molecule has 0 radical (unpaired) electrons. The summed E-state index contributed by atoms with van der Waals surface area (Å²) in [5, 5.41) is 0. The molecule has 1 aromatic rings. The summed E-state index contributed by atoms with van der Waals surface area (Å²) < 4.78 is 0. The van der Waals surface area contributed by atoms with Gasteiger partial charge in [0.25, 0.3) is 0 Å². The van der Waals surface area contributed by atoms with Crippen LogP contribution in [0.5, 0.6) is 0 Å². The van der Waals surface area contributed by atoms with Crippen LogP contribution in [0.2, 0.25) is 0 Å². The lowest BCUT2D eigenvalue weighted by molar-refractivity contribution is 0.158. The van der Waals surface area contributed by atoms with Crippen molar-refractivity contribution in [1.29, 1.82) is 0 Å². The van der Waals surface area contributed by atoms with E-state index >= 15 is 0 Å². The molecule has 0 aromatic heterocycles. The zero-order valence-corrected chi connectivity index (χ0v) is 11.0. The number of anilines is 1. The minimum absolute atomic E-state index is 0.732. The molecule has 0 aliphatic carbocycles. The maximum absolute atomic E-state index is 5.73. The Kier molecular flexibility index (Phi) is 4.06. The molecule has 0 spiro atoms. The molecule has 1 aliphatic heterocycles. The lowest BCUT2D eigenvalue weighted by Crippen LogP contribution is -2.39. The molecule has 0 bridgehead atoms. The van der Waals surface area contributed by atoms with Crippen molar-refractivity contribution in [3.05, 3.63) is 29.8 Å². The molecule has 1 aliphatic rings. The smallest absolute Gasteiger partial charge is 0.0314 e. The number of benzene rings is 1. The normalized spacial score (nSPS) is 20.4. The van der Waals surface area contributed by atoms with Gasteiger partial charge in [-0.05, 0) is 62.9 Å². The molecule has 1 unspecified atom stereocenters. The van der Waals surface area contributed by atoms with Crippen LogP contribution in [0.3, 0.4) is 0 Å². The SMILES string of the molecule is CCC(C)N1CCC(c2ccc(N)cc2)CC1. The summed E-state index contributed by atoms with van der Waals surface area (Å²) in [4.78, 5) is 2.62. The van der Waals surface area contributed by atoms with E-state index in [1.165, 1.54) is 37.9 Å². The van der Waals surface area contributed by atoms with Gasteiger partial charge in [0.05, 0.1) is 0 Å². The van der Waals surface area contributed by atoms with Crippen LogP contribution in [0.25, 0.3) is 0 Å². The Hall–Kier alpha value is -1.02. The van der Waals surface area contributed by atoms with Gasteiger partial charge in [-0.3, -0.25) is 0 Å². The molecule has 1 fully saturated rings. The van der Waals surface area contributed by atoms with Crippen molar-refractivity contribution in [3.8, 4) is 0 Å². The summed E-state index contributed by atoms with van der Waals surface area (Å²) in [5.41, 5.74) is 8.06. The Morgan fingerprint density at radius 2 is 1.82 bits per heavy atom. The third-order valence-corrected chi connectivity index (χ3v) is 4.15. The van der Waals surface area contributed by atoms with Gasteiger partial charge in [0.2, 0.25) is 0 Å². The van der Waals surface area contributed by atoms with E-state index in [2.05, 4.69) is 30.9 Å². The third-order valence-electron chi connectivity index (χ3n) is 4.15. The van der Waals surface area contributed by atoms with Crippen molar-refractivity contribution in [1.82, 2.24) is 4.90 Å². The summed E-state index contributed by atoms with van der Waals surface area (Å²) >= 11 is 0. The van der Waals surface area contributed by atoms with Gasteiger partial charge in [-0.25, -0.2) is 0 Å². The summed E-state index contributed by atoms with van der Waals surface area (Å²) in [6.45, 7) is 7.09. The Morgan fingerprint density at radius 3 is 2.35 bits per heavy atom. The molecule has 0 amide bonds. The summed E-state index contributed by atoms with van der Waals surface area (Å²) in [5.74, 6) is 0.732. The molecule has 17 heavy (non-hydrogen) atoms. The molecule has 1 saturated heterocycles. The predicted molar refractivity (Wildman–Crippen MR) is 74.2 cm³/mol. The number of hydrogen-bond donors (Lipinski definition) is 1. The topological polar surface area (TPSA) is 29.3 Å². The first kappa shape index (κ1) is 12.4. The fourth-order valence-electron chi connectivity index (χ4n) is 2.70. The Labute approximate surface area is 105 Å². The van der Waals surface area contributed by atoms with Crippen LogP contribution in [0, 0.1) is 0 Å². The van der Waals surface area contributed by atoms with Crippen LogP contribution >= 0.6 is 0 Å². The van der Waals surface area contributed by atoms with E-state index < -0.39 is 0 Å². The van der Waals surface area contributed by atoms with Gasteiger partial charge in [0, 0.05) is 11.7 Å². The summed E-state index contributed by atoms with van der Waals surface area (Å²) in [7, 11) is 0. The van der Waals surface area contributed by atoms with Crippen molar-refractivity contribution in [2.45, 2.75) is 45.1 Å². The second-order valence-electron chi connectivity index (χ2n) is 5.23. The fraction of sp³-hybridized carbons (Fsp3) is 0.600. The molecule has 94 valence electrons. The van der Waals surface area contributed by atoms with Crippen LogP contribution in [0.4, 0.5) is 5.69 Å².